The van der Waals surface area contributed by atoms with E-state index in [4.69, 9.17) is 5.73 Å². The van der Waals surface area contributed by atoms with Crippen molar-refractivity contribution in [3.8, 4) is 11.3 Å². The number of nitrogens with two attached hydrogens (primary N) is 1. The summed E-state index contributed by atoms with van der Waals surface area (Å²) in [7, 11) is 0. The van der Waals surface area contributed by atoms with E-state index in [1.54, 1.807) is 17.5 Å². The predicted molar refractivity (Wildman–Crippen MR) is 54.0 cm³/mol. The molecule has 0 aliphatic heterocycles. The fourth-order valence-corrected chi connectivity index (χ4v) is 2.09. The lowest BCUT2D eigenvalue weighted by molar-refractivity contribution is 1.33. The Morgan fingerprint density at radius 3 is 2.92 bits per heavy atom. The van der Waals surface area contributed by atoms with Crippen LogP contribution in [0.3, 0.4) is 0 Å². The number of aromatic amines is 1. The maximum atomic E-state index is 5.45. The van der Waals surface area contributed by atoms with Gasteiger partial charge in [0.1, 0.15) is 0 Å². The molecule has 5 heteroatoms. The molecule has 2 aromatic rings. The highest BCUT2D eigenvalue weighted by Gasteiger charge is 2.02. The Balaban J connectivity index is 2.43. The van der Waals surface area contributed by atoms with Gasteiger partial charge in [-0.3, -0.25) is 0 Å². The third kappa shape index (κ3) is 1.37. The largest absolute Gasteiger partial charge is 0.369 e. The first kappa shape index (κ1) is 7.82. The molecular formula is C7H6BrN3S. The average molecular weight is 244 g/mol. The van der Waals surface area contributed by atoms with Crippen LogP contribution in [0.2, 0.25) is 0 Å². The van der Waals surface area contributed by atoms with Crippen molar-refractivity contribution in [2.24, 2.45) is 0 Å². The van der Waals surface area contributed by atoms with Crippen LogP contribution in [0.25, 0.3) is 11.3 Å². The second kappa shape index (κ2) is 2.91. The van der Waals surface area contributed by atoms with Gasteiger partial charge in [0.2, 0.25) is 0 Å². The maximum absolute atomic E-state index is 5.45. The first-order chi connectivity index (χ1) is 5.75. The van der Waals surface area contributed by atoms with Crippen molar-refractivity contribution >= 4 is 33.2 Å². The number of aromatic nitrogens is 2. The second-order valence-corrected chi connectivity index (χ2v) is 4.61. The number of H-pyrrole nitrogens is 1. The predicted octanol–water partition coefficient (Wildman–Crippen LogP) is 2.48. The quantitative estimate of drug-likeness (QED) is 0.809. The molecule has 0 aliphatic rings. The zero-order chi connectivity index (χ0) is 8.55. The van der Waals surface area contributed by atoms with Crippen LogP contribution < -0.4 is 5.73 Å². The summed E-state index contributed by atoms with van der Waals surface area (Å²) >= 11 is 5.03. The van der Waals surface area contributed by atoms with Crippen molar-refractivity contribution in [2.45, 2.75) is 0 Å². The Kier molecular flexibility index (Phi) is 1.90. The molecule has 2 aromatic heterocycles. The molecule has 0 saturated heterocycles. The summed E-state index contributed by atoms with van der Waals surface area (Å²) in [4.78, 5) is 6.87. The Labute approximate surface area is 81.8 Å². The number of nitrogens with one attached hydrogen (secondary N) is 1. The van der Waals surface area contributed by atoms with Crippen LogP contribution in [0.5, 0.6) is 0 Å². The van der Waals surface area contributed by atoms with Crippen molar-refractivity contribution in [1.29, 1.82) is 0 Å². The number of nitrogen functional groups attached to an aromatic ring is 1. The Bertz CT molecular complexity index is 355. The van der Waals surface area contributed by atoms with Gasteiger partial charge in [0.15, 0.2) is 5.95 Å². The van der Waals surface area contributed by atoms with E-state index in [-0.39, 0.29) is 0 Å². The zero-order valence-electron chi connectivity index (χ0n) is 6.04. The van der Waals surface area contributed by atoms with Crippen LogP contribution in [0.1, 0.15) is 0 Å². The van der Waals surface area contributed by atoms with Gasteiger partial charge in [-0.25, -0.2) is 4.98 Å². The van der Waals surface area contributed by atoms with Crippen LogP contribution in [-0.4, -0.2) is 9.97 Å². The minimum atomic E-state index is 0.451. The van der Waals surface area contributed by atoms with E-state index in [9.17, 15) is 0 Å². The summed E-state index contributed by atoms with van der Waals surface area (Å²) in [5, 5.41) is 2.04. The number of rotatable bonds is 1. The summed E-state index contributed by atoms with van der Waals surface area (Å²) in [6, 6.07) is 2.03. The molecule has 0 saturated carbocycles. The first-order valence-corrected chi connectivity index (χ1v) is 4.98. The molecule has 3 nitrogen and oxygen atoms in total. The van der Waals surface area contributed by atoms with E-state index >= 15 is 0 Å². The monoisotopic (exact) mass is 243 g/mol. The summed E-state index contributed by atoms with van der Waals surface area (Å²) in [6.45, 7) is 0. The van der Waals surface area contributed by atoms with Gasteiger partial charge in [-0.1, -0.05) is 0 Å². The van der Waals surface area contributed by atoms with Crippen molar-refractivity contribution in [2.75, 3.05) is 5.73 Å². The Morgan fingerprint density at radius 2 is 2.42 bits per heavy atom. The summed E-state index contributed by atoms with van der Waals surface area (Å²) < 4.78 is 1.10. The number of imidazole rings is 1. The molecular weight excluding hydrogens is 238 g/mol. The van der Waals surface area contributed by atoms with Gasteiger partial charge in [-0.15, -0.1) is 11.3 Å². The first-order valence-electron chi connectivity index (χ1n) is 3.30. The number of halogens is 1. The highest BCUT2D eigenvalue weighted by molar-refractivity contribution is 9.11. The van der Waals surface area contributed by atoms with Gasteiger partial charge in [0.25, 0.3) is 0 Å². The number of hydrogen-bond donors (Lipinski definition) is 2. The molecule has 0 fully saturated rings. The summed E-state index contributed by atoms with van der Waals surface area (Å²) in [6.07, 6.45) is 1.73. The maximum Gasteiger partial charge on any atom is 0.197 e. The van der Waals surface area contributed by atoms with Gasteiger partial charge in [-0.2, -0.15) is 0 Å². The molecule has 2 rings (SSSR count). The molecule has 3 N–H and O–H groups in total. The number of hydrogen-bond acceptors (Lipinski definition) is 3. The third-order valence-corrected chi connectivity index (χ3v) is 2.98. The summed E-state index contributed by atoms with van der Waals surface area (Å²) in [5.41, 5.74) is 7.51. The standard InChI is InChI=1S/C7H6BrN3S/c8-6-1-4(3-12-6)5-2-10-7(9)11-5/h1-3H,(H3,9,10,11). The summed E-state index contributed by atoms with van der Waals surface area (Å²) in [5.74, 6) is 0.451. The van der Waals surface area contributed by atoms with E-state index in [1.165, 1.54) is 0 Å². The minimum Gasteiger partial charge on any atom is -0.369 e. The lowest BCUT2D eigenvalue weighted by Gasteiger charge is -1.87. The molecule has 0 spiro atoms. The van der Waals surface area contributed by atoms with Crippen molar-refractivity contribution in [3.05, 3.63) is 21.4 Å². The van der Waals surface area contributed by atoms with E-state index in [0.29, 0.717) is 5.95 Å². The van der Waals surface area contributed by atoms with Crippen LogP contribution in [0, 0.1) is 0 Å². The van der Waals surface area contributed by atoms with Crippen LogP contribution >= 0.6 is 27.3 Å². The minimum absolute atomic E-state index is 0.451. The highest BCUT2D eigenvalue weighted by atomic mass is 79.9. The number of anilines is 1. The van der Waals surface area contributed by atoms with Gasteiger partial charge < -0.3 is 10.7 Å². The van der Waals surface area contributed by atoms with E-state index in [1.807, 2.05) is 11.4 Å². The highest BCUT2D eigenvalue weighted by Crippen LogP contribution is 2.27. The second-order valence-electron chi connectivity index (χ2n) is 2.32. The van der Waals surface area contributed by atoms with E-state index in [2.05, 4.69) is 25.9 Å². The smallest absolute Gasteiger partial charge is 0.197 e. The Hall–Kier alpha value is -0.810. The van der Waals surface area contributed by atoms with Crippen molar-refractivity contribution < 1.29 is 0 Å². The molecule has 0 atom stereocenters. The number of nitrogens with zero attached hydrogens (tertiary/aromatic N) is 1. The van der Waals surface area contributed by atoms with Crippen molar-refractivity contribution in [1.82, 2.24) is 9.97 Å². The lowest BCUT2D eigenvalue weighted by Crippen LogP contribution is -1.84. The normalized spacial score (nSPS) is 10.4. The molecule has 0 radical (unpaired) electrons. The fraction of sp³-hybridized carbons (Fsp3) is 0. The van der Waals surface area contributed by atoms with E-state index in [0.717, 1.165) is 15.0 Å². The van der Waals surface area contributed by atoms with Gasteiger partial charge >= 0.3 is 0 Å². The molecule has 0 amide bonds. The SMILES string of the molecule is Nc1ncc(-c2csc(Br)c2)[nH]1. The molecule has 12 heavy (non-hydrogen) atoms. The van der Waals surface area contributed by atoms with Gasteiger partial charge in [0, 0.05) is 10.9 Å². The molecule has 0 aliphatic carbocycles. The van der Waals surface area contributed by atoms with Gasteiger partial charge in [0.05, 0.1) is 15.7 Å². The van der Waals surface area contributed by atoms with Crippen LogP contribution in [-0.2, 0) is 0 Å². The van der Waals surface area contributed by atoms with Crippen molar-refractivity contribution in [3.63, 3.8) is 0 Å². The lowest BCUT2D eigenvalue weighted by atomic mass is 10.3. The van der Waals surface area contributed by atoms with Gasteiger partial charge in [-0.05, 0) is 22.0 Å². The molecule has 62 valence electrons. The van der Waals surface area contributed by atoms with Crippen LogP contribution in [0.15, 0.2) is 21.4 Å². The fourth-order valence-electron chi connectivity index (χ4n) is 0.935. The molecule has 2 heterocycles. The topological polar surface area (TPSA) is 54.7 Å². The Morgan fingerprint density at radius 1 is 1.58 bits per heavy atom. The van der Waals surface area contributed by atoms with Crippen LogP contribution in [0.4, 0.5) is 5.95 Å². The molecule has 0 bridgehead atoms. The average Bonchev–Trinajstić information content (AvgIpc) is 2.58. The molecule has 0 unspecified atom stereocenters. The number of thiophene rings is 1. The zero-order valence-corrected chi connectivity index (χ0v) is 8.45. The molecule has 0 aromatic carbocycles. The van der Waals surface area contributed by atoms with E-state index < -0.39 is 0 Å². The third-order valence-electron chi connectivity index (χ3n) is 1.47.